The Kier molecular flexibility index (Phi) is 17.2. The molecular formula is C41H74O8Si3. The van der Waals surface area contributed by atoms with Crippen molar-refractivity contribution in [2.24, 2.45) is 11.8 Å². The van der Waals surface area contributed by atoms with Crippen molar-refractivity contribution in [2.45, 2.75) is 155 Å². The van der Waals surface area contributed by atoms with E-state index in [0.29, 0.717) is 42.3 Å². The van der Waals surface area contributed by atoms with Crippen molar-refractivity contribution in [3.05, 3.63) is 41.5 Å². The predicted molar refractivity (Wildman–Crippen MR) is 224 cm³/mol. The molecule has 0 bridgehead atoms. The van der Waals surface area contributed by atoms with E-state index in [2.05, 4.69) is 112 Å². The second-order valence-corrected chi connectivity index (χ2v) is 35.0. The molecule has 1 aliphatic rings. The monoisotopic (exact) mass is 778 g/mol. The quantitative estimate of drug-likeness (QED) is 0.0560. The summed E-state index contributed by atoms with van der Waals surface area (Å²) in [5.74, 6) is 0.245. The summed E-state index contributed by atoms with van der Waals surface area (Å²) in [6.07, 6.45) is 8.88. The Morgan fingerprint density at radius 2 is 1.52 bits per heavy atom. The SMILES string of the molecule is COCOc1cc(OCC[Si](C)(C)C)cc(/C=C/C[C@H]2OC(C)(C)O[C@@H]2C(C)/C=C\[C@@H](C)[C@H](C)O[Si](C)(C)C(C)(C)C)c1C(=O)OCC[Si](C)(C)C. The van der Waals surface area contributed by atoms with Gasteiger partial charge in [-0.3, -0.25) is 0 Å². The van der Waals surface area contributed by atoms with Crippen LogP contribution in [0.2, 0.25) is 69.5 Å². The molecule has 0 saturated carbocycles. The highest BCUT2D eigenvalue weighted by atomic mass is 28.4. The van der Waals surface area contributed by atoms with Crippen LogP contribution in [0, 0.1) is 11.8 Å². The van der Waals surface area contributed by atoms with Gasteiger partial charge in [-0.2, -0.15) is 0 Å². The lowest BCUT2D eigenvalue weighted by Gasteiger charge is -2.39. The van der Waals surface area contributed by atoms with E-state index in [1.54, 1.807) is 13.2 Å². The lowest BCUT2D eigenvalue weighted by Crippen LogP contribution is -2.44. The van der Waals surface area contributed by atoms with Crippen LogP contribution in [-0.2, 0) is 23.4 Å². The largest absolute Gasteiger partial charge is 0.494 e. The first-order valence-corrected chi connectivity index (χ1v) is 29.6. The van der Waals surface area contributed by atoms with Crippen molar-refractivity contribution < 1.29 is 37.6 Å². The zero-order valence-corrected chi connectivity index (χ0v) is 38.9. The summed E-state index contributed by atoms with van der Waals surface area (Å²) in [4.78, 5) is 13.7. The van der Waals surface area contributed by atoms with Gasteiger partial charge in [0.05, 0.1) is 25.4 Å². The zero-order valence-electron chi connectivity index (χ0n) is 35.9. The van der Waals surface area contributed by atoms with Crippen LogP contribution in [0.3, 0.4) is 0 Å². The number of methoxy groups -OCH3 is 1. The summed E-state index contributed by atoms with van der Waals surface area (Å²) in [5.41, 5.74) is 1.03. The maximum absolute atomic E-state index is 13.7. The van der Waals surface area contributed by atoms with Crippen molar-refractivity contribution in [3.63, 3.8) is 0 Å². The van der Waals surface area contributed by atoms with Crippen molar-refractivity contribution in [1.29, 1.82) is 0 Å². The van der Waals surface area contributed by atoms with E-state index in [1.165, 1.54) is 0 Å². The maximum Gasteiger partial charge on any atom is 0.342 e. The standard InChI is InChI=1S/C41H74O8Si3/c1-30(32(3)49-52(16,17)40(4,5)6)21-22-31(2)38-35(47-41(7,8)48-38)20-18-19-33-27-34(44-23-25-50(10,11)12)28-36(46-29-43-9)37(33)39(42)45-24-26-51(13,14)15/h18-19,21-22,27-28,30-32,35,38H,20,23-26,29H2,1-17H3/b19-18+,22-21-/t30-,31?,32+,35-,38-/m1/s1. The van der Waals surface area contributed by atoms with Gasteiger partial charge in [0.25, 0.3) is 0 Å². The number of ether oxygens (including phenoxy) is 6. The molecule has 0 radical (unpaired) electrons. The van der Waals surface area contributed by atoms with Crippen molar-refractivity contribution >= 4 is 36.5 Å². The Hall–Kier alpha value is -1.74. The minimum absolute atomic E-state index is 0.00801. The Balaban J connectivity index is 2.37. The Morgan fingerprint density at radius 1 is 0.904 bits per heavy atom. The summed E-state index contributed by atoms with van der Waals surface area (Å²) in [6, 6.07) is 5.56. The molecule has 298 valence electrons. The second kappa shape index (κ2) is 19.2. The lowest BCUT2D eigenvalue weighted by atomic mass is 9.94. The van der Waals surface area contributed by atoms with Gasteiger partial charge in [0.1, 0.15) is 17.1 Å². The molecule has 0 N–H and O–H groups in total. The van der Waals surface area contributed by atoms with Gasteiger partial charge in [0, 0.05) is 41.3 Å². The minimum atomic E-state index is -1.87. The molecule has 52 heavy (non-hydrogen) atoms. The number of rotatable bonds is 20. The van der Waals surface area contributed by atoms with Crippen LogP contribution in [-0.4, -0.2) is 81.6 Å². The van der Waals surface area contributed by atoms with Gasteiger partial charge >= 0.3 is 5.97 Å². The molecule has 0 amide bonds. The van der Waals surface area contributed by atoms with Crippen LogP contribution < -0.4 is 9.47 Å². The highest BCUT2D eigenvalue weighted by Gasteiger charge is 2.43. The smallest absolute Gasteiger partial charge is 0.342 e. The van der Waals surface area contributed by atoms with Crippen LogP contribution in [0.15, 0.2) is 30.4 Å². The molecule has 1 aromatic carbocycles. The molecule has 0 spiro atoms. The number of benzene rings is 1. The molecule has 11 heteroatoms. The molecule has 1 unspecified atom stereocenters. The summed E-state index contributed by atoms with van der Waals surface area (Å²) in [7, 11) is -3.04. The zero-order chi connectivity index (χ0) is 39.7. The van der Waals surface area contributed by atoms with Gasteiger partial charge in [-0.1, -0.05) is 98.2 Å². The number of carbonyl (C=O) groups is 1. The molecule has 2 rings (SSSR count). The first-order valence-electron chi connectivity index (χ1n) is 19.2. The molecular weight excluding hydrogens is 705 g/mol. The first kappa shape index (κ1) is 46.4. The average Bonchev–Trinajstić information content (AvgIpc) is 3.30. The van der Waals surface area contributed by atoms with Gasteiger partial charge in [0.15, 0.2) is 20.9 Å². The fourth-order valence-electron chi connectivity index (χ4n) is 5.46. The van der Waals surface area contributed by atoms with Gasteiger partial charge in [0.2, 0.25) is 0 Å². The minimum Gasteiger partial charge on any atom is -0.494 e. The molecule has 1 aromatic rings. The summed E-state index contributed by atoms with van der Waals surface area (Å²) in [6.45, 7) is 36.7. The predicted octanol–water partition coefficient (Wildman–Crippen LogP) is 11.0. The average molecular weight is 779 g/mol. The fraction of sp³-hybridized carbons (Fsp3) is 0.732. The molecule has 1 fully saturated rings. The number of carbonyl (C=O) groups excluding carboxylic acids is 1. The molecule has 0 aromatic heterocycles. The van der Waals surface area contributed by atoms with Crippen molar-refractivity contribution in [2.75, 3.05) is 27.1 Å². The highest BCUT2D eigenvalue weighted by molar-refractivity contribution is 6.76. The third kappa shape index (κ3) is 15.5. The van der Waals surface area contributed by atoms with Crippen molar-refractivity contribution in [1.82, 2.24) is 0 Å². The molecule has 5 atom stereocenters. The molecule has 0 aliphatic carbocycles. The van der Waals surface area contributed by atoms with Gasteiger partial charge in [-0.15, -0.1) is 0 Å². The van der Waals surface area contributed by atoms with Crippen LogP contribution in [0.4, 0.5) is 0 Å². The summed E-state index contributed by atoms with van der Waals surface area (Å²) in [5, 5.41) is 0.161. The van der Waals surface area contributed by atoms with E-state index < -0.39 is 36.2 Å². The van der Waals surface area contributed by atoms with E-state index in [0.717, 1.165) is 12.1 Å². The van der Waals surface area contributed by atoms with Gasteiger partial charge in [-0.25, -0.2) is 4.79 Å². The van der Waals surface area contributed by atoms with E-state index in [4.69, 9.17) is 32.8 Å². The first-order chi connectivity index (χ1) is 23.7. The Labute approximate surface area is 320 Å². The Bertz CT molecular complexity index is 1340. The molecule has 1 saturated heterocycles. The maximum atomic E-state index is 13.7. The highest BCUT2D eigenvalue weighted by Crippen LogP contribution is 2.39. The van der Waals surface area contributed by atoms with E-state index >= 15 is 0 Å². The Morgan fingerprint density at radius 3 is 2.10 bits per heavy atom. The van der Waals surface area contributed by atoms with E-state index in [9.17, 15) is 4.79 Å². The second-order valence-electron chi connectivity index (χ2n) is 19.0. The normalized spacial score (nSPS) is 20.3. The van der Waals surface area contributed by atoms with Crippen LogP contribution in [0.1, 0.15) is 77.7 Å². The van der Waals surface area contributed by atoms with Crippen LogP contribution in [0.5, 0.6) is 11.5 Å². The topological polar surface area (TPSA) is 81.7 Å². The summed E-state index contributed by atoms with van der Waals surface area (Å²) < 4.78 is 42.9. The third-order valence-electron chi connectivity index (χ3n) is 10.00. The molecule has 1 aliphatic heterocycles. The third-order valence-corrected chi connectivity index (χ3v) is 18.0. The van der Waals surface area contributed by atoms with Crippen molar-refractivity contribution in [3.8, 4) is 11.5 Å². The van der Waals surface area contributed by atoms with Crippen LogP contribution in [0.25, 0.3) is 6.08 Å². The molecule has 8 nitrogen and oxygen atoms in total. The summed E-state index contributed by atoms with van der Waals surface area (Å²) >= 11 is 0. The van der Waals surface area contributed by atoms with Gasteiger partial charge in [-0.05, 0) is 75.0 Å². The van der Waals surface area contributed by atoms with Crippen LogP contribution >= 0.6 is 0 Å². The van der Waals surface area contributed by atoms with Gasteiger partial charge < -0.3 is 32.8 Å². The number of hydrogen-bond acceptors (Lipinski definition) is 8. The number of hydrogen-bond donors (Lipinski definition) is 0. The van der Waals surface area contributed by atoms with E-state index in [1.807, 2.05) is 26.0 Å². The molecule has 1 heterocycles. The number of esters is 1. The van der Waals surface area contributed by atoms with E-state index in [-0.39, 0.29) is 42.0 Å². The lowest BCUT2D eigenvalue weighted by molar-refractivity contribution is -0.148. The fourth-order valence-corrected chi connectivity index (χ4v) is 8.39.